The Balaban J connectivity index is 1.55. The molecule has 5 aromatic rings. The van der Waals surface area contributed by atoms with E-state index in [0.29, 0.717) is 0 Å². The fraction of sp³-hybridized carbons (Fsp3) is 0.306. The summed E-state index contributed by atoms with van der Waals surface area (Å²) in [5, 5.41) is 14.0. The zero-order chi connectivity index (χ0) is 28.3. The van der Waals surface area contributed by atoms with E-state index in [-0.39, 0.29) is 12.0 Å². The highest BCUT2D eigenvalue weighted by atomic mass is 79.9. The van der Waals surface area contributed by atoms with Crippen molar-refractivity contribution in [3.05, 3.63) is 118 Å². The molecule has 0 bridgehead atoms. The van der Waals surface area contributed by atoms with Gasteiger partial charge < -0.3 is 14.9 Å². The minimum absolute atomic E-state index is 0.187. The van der Waals surface area contributed by atoms with E-state index in [1.54, 1.807) is 0 Å². The number of fused-ring (bicyclic) bond motifs is 2. The molecular formula is C36H38BrN3O. The maximum atomic E-state index is 10.3. The molecular weight excluding hydrogens is 570 g/mol. The molecule has 1 atom stereocenters. The number of hydrogen-bond donors (Lipinski definition) is 1. The summed E-state index contributed by atoms with van der Waals surface area (Å²) in [6.45, 7) is 2.62. The molecule has 210 valence electrons. The lowest BCUT2D eigenvalue weighted by atomic mass is 9.84. The first-order chi connectivity index (χ1) is 20.0. The fourth-order valence-electron chi connectivity index (χ4n) is 6.29. The number of anilines is 1. The SMILES string of the molecule is CN(C)CCC(c1cccc2ccccc12)c1cc(Br)cc2cc(Cc3ccccc3)c(N3CCC(O)CC3)nc12. The highest BCUT2D eigenvalue weighted by molar-refractivity contribution is 9.10. The van der Waals surface area contributed by atoms with Gasteiger partial charge in [0.15, 0.2) is 0 Å². The van der Waals surface area contributed by atoms with Crippen molar-refractivity contribution in [2.24, 2.45) is 0 Å². The number of pyridine rings is 1. The molecule has 1 aliphatic heterocycles. The highest BCUT2D eigenvalue weighted by Gasteiger charge is 2.25. The Morgan fingerprint density at radius 3 is 2.39 bits per heavy atom. The summed E-state index contributed by atoms with van der Waals surface area (Å²) in [4.78, 5) is 10.2. The molecule has 1 saturated heterocycles. The molecule has 5 heteroatoms. The van der Waals surface area contributed by atoms with Crippen molar-refractivity contribution >= 4 is 43.4 Å². The molecule has 1 fully saturated rings. The number of aliphatic hydroxyl groups is 1. The Morgan fingerprint density at radius 2 is 1.61 bits per heavy atom. The Labute approximate surface area is 251 Å². The number of aromatic nitrogens is 1. The minimum Gasteiger partial charge on any atom is -0.393 e. The molecule has 0 saturated carbocycles. The van der Waals surface area contributed by atoms with Crippen LogP contribution in [0.5, 0.6) is 0 Å². The van der Waals surface area contributed by atoms with E-state index in [9.17, 15) is 5.11 Å². The summed E-state index contributed by atoms with van der Waals surface area (Å²) in [5.41, 5.74) is 6.20. The summed E-state index contributed by atoms with van der Waals surface area (Å²) in [5.74, 6) is 1.24. The second-order valence-electron chi connectivity index (χ2n) is 11.6. The van der Waals surface area contributed by atoms with E-state index in [1.807, 2.05) is 0 Å². The first-order valence-electron chi connectivity index (χ1n) is 14.7. The monoisotopic (exact) mass is 607 g/mol. The third kappa shape index (κ3) is 6.18. The van der Waals surface area contributed by atoms with Crippen LogP contribution in [0.2, 0.25) is 0 Å². The number of halogens is 1. The summed E-state index contributed by atoms with van der Waals surface area (Å²) in [6.07, 6.45) is 3.15. The van der Waals surface area contributed by atoms with E-state index in [0.717, 1.165) is 66.5 Å². The largest absolute Gasteiger partial charge is 0.393 e. The van der Waals surface area contributed by atoms with Crippen LogP contribution in [0.15, 0.2) is 95.5 Å². The van der Waals surface area contributed by atoms with Crippen molar-refractivity contribution < 1.29 is 5.11 Å². The smallest absolute Gasteiger partial charge is 0.132 e. The van der Waals surface area contributed by atoms with E-state index in [4.69, 9.17) is 4.98 Å². The number of rotatable bonds is 8. The van der Waals surface area contributed by atoms with Gasteiger partial charge in [0, 0.05) is 35.3 Å². The number of nitrogens with zero attached hydrogens (tertiary/aromatic N) is 3. The topological polar surface area (TPSA) is 39.6 Å². The van der Waals surface area contributed by atoms with Gasteiger partial charge in [-0.05, 0) is 91.1 Å². The fourth-order valence-corrected chi connectivity index (χ4v) is 6.79. The van der Waals surface area contributed by atoms with E-state index >= 15 is 0 Å². The lowest BCUT2D eigenvalue weighted by Gasteiger charge is -2.32. The minimum atomic E-state index is -0.224. The zero-order valence-electron chi connectivity index (χ0n) is 23.9. The van der Waals surface area contributed by atoms with Crippen LogP contribution in [-0.4, -0.2) is 54.8 Å². The van der Waals surface area contributed by atoms with Crippen molar-refractivity contribution in [2.45, 2.75) is 37.7 Å². The number of aliphatic hydroxyl groups excluding tert-OH is 1. The lowest BCUT2D eigenvalue weighted by Crippen LogP contribution is -2.37. The van der Waals surface area contributed by atoms with Gasteiger partial charge in [-0.3, -0.25) is 0 Å². The van der Waals surface area contributed by atoms with Gasteiger partial charge in [-0.2, -0.15) is 0 Å². The number of benzene rings is 4. The van der Waals surface area contributed by atoms with Crippen LogP contribution in [0, 0.1) is 0 Å². The Bertz CT molecular complexity index is 1640. The van der Waals surface area contributed by atoms with Gasteiger partial charge >= 0.3 is 0 Å². The van der Waals surface area contributed by atoms with Gasteiger partial charge in [0.05, 0.1) is 11.6 Å². The van der Waals surface area contributed by atoms with E-state index in [2.05, 4.69) is 131 Å². The van der Waals surface area contributed by atoms with Gasteiger partial charge in [-0.1, -0.05) is 88.7 Å². The molecule has 0 spiro atoms. The molecule has 0 amide bonds. The average molecular weight is 609 g/mol. The van der Waals surface area contributed by atoms with Crippen molar-refractivity contribution in [1.82, 2.24) is 9.88 Å². The standard InChI is InChI=1S/C36H38BrN3O/c1-39(2)18-17-33(32-14-8-12-26-11-6-7-13-31(26)32)34-24-29(37)23-27-22-28(21-25-9-4-3-5-10-25)36(38-35(27)34)40-19-15-30(41)16-20-40/h3-14,22-24,30,33,41H,15-21H2,1-2H3. The summed E-state index contributed by atoms with van der Waals surface area (Å²) in [6, 6.07) is 32.9. The molecule has 4 nitrogen and oxygen atoms in total. The van der Waals surface area contributed by atoms with E-state index in [1.165, 1.54) is 33.0 Å². The predicted molar refractivity (Wildman–Crippen MR) is 175 cm³/mol. The molecule has 1 aromatic heterocycles. The van der Waals surface area contributed by atoms with Crippen molar-refractivity contribution in [2.75, 3.05) is 38.6 Å². The first kappa shape index (κ1) is 27.9. The number of piperidine rings is 1. The van der Waals surface area contributed by atoms with Crippen LogP contribution in [0.4, 0.5) is 5.82 Å². The predicted octanol–water partition coefficient (Wildman–Crippen LogP) is 7.79. The highest BCUT2D eigenvalue weighted by Crippen LogP contribution is 2.40. The second-order valence-corrected chi connectivity index (χ2v) is 12.5. The molecule has 41 heavy (non-hydrogen) atoms. The number of hydrogen-bond acceptors (Lipinski definition) is 4. The van der Waals surface area contributed by atoms with Crippen LogP contribution in [0.1, 0.15) is 47.4 Å². The molecule has 1 unspecified atom stereocenters. The van der Waals surface area contributed by atoms with Gasteiger partial charge in [0.1, 0.15) is 5.82 Å². The molecule has 4 aromatic carbocycles. The maximum Gasteiger partial charge on any atom is 0.132 e. The summed E-state index contributed by atoms with van der Waals surface area (Å²) in [7, 11) is 4.30. The van der Waals surface area contributed by atoms with Crippen LogP contribution >= 0.6 is 15.9 Å². The van der Waals surface area contributed by atoms with Crippen LogP contribution < -0.4 is 4.90 Å². The molecule has 2 heterocycles. The zero-order valence-corrected chi connectivity index (χ0v) is 25.5. The molecule has 6 rings (SSSR count). The van der Waals surface area contributed by atoms with Crippen molar-refractivity contribution in [3.63, 3.8) is 0 Å². The molecule has 1 N–H and O–H groups in total. The second kappa shape index (κ2) is 12.3. The summed E-state index contributed by atoms with van der Waals surface area (Å²) >= 11 is 3.87. The Kier molecular flexibility index (Phi) is 8.38. The van der Waals surface area contributed by atoms with Crippen LogP contribution in [-0.2, 0) is 6.42 Å². The van der Waals surface area contributed by atoms with Crippen LogP contribution in [0.3, 0.4) is 0 Å². The quantitative estimate of drug-likeness (QED) is 0.195. The van der Waals surface area contributed by atoms with Gasteiger partial charge in [0.2, 0.25) is 0 Å². The lowest BCUT2D eigenvalue weighted by molar-refractivity contribution is 0.145. The van der Waals surface area contributed by atoms with Gasteiger partial charge in [0.25, 0.3) is 0 Å². The molecule has 0 radical (unpaired) electrons. The first-order valence-corrected chi connectivity index (χ1v) is 15.5. The normalized spacial score (nSPS) is 15.2. The Hall–Kier alpha value is -3.25. The van der Waals surface area contributed by atoms with Crippen molar-refractivity contribution in [1.29, 1.82) is 0 Å². The van der Waals surface area contributed by atoms with E-state index < -0.39 is 0 Å². The third-order valence-corrected chi connectivity index (χ3v) is 8.87. The average Bonchev–Trinajstić information content (AvgIpc) is 2.98. The van der Waals surface area contributed by atoms with Crippen LogP contribution in [0.25, 0.3) is 21.7 Å². The third-order valence-electron chi connectivity index (χ3n) is 8.41. The molecule has 1 aliphatic rings. The molecule has 0 aliphatic carbocycles. The summed E-state index contributed by atoms with van der Waals surface area (Å²) < 4.78 is 1.08. The van der Waals surface area contributed by atoms with Gasteiger partial charge in [-0.25, -0.2) is 4.98 Å². The maximum absolute atomic E-state index is 10.3. The van der Waals surface area contributed by atoms with Gasteiger partial charge in [-0.15, -0.1) is 0 Å². The Morgan fingerprint density at radius 1 is 0.878 bits per heavy atom. The van der Waals surface area contributed by atoms with Crippen molar-refractivity contribution in [3.8, 4) is 0 Å².